The minimum absolute atomic E-state index is 0.164. The van der Waals surface area contributed by atoms with E-state index in [1.807, 2.05) is 18.2 Å². The van der Waals surface area contributed by atoms with E-state index in [0.29, 0.717) is 13.0 Å². The van der Waals surface area contributed by atoms with Gasteiger partial charge in [-0.1, -0.05) is 18.2 Å². The minimum Gasteiger partial charge on any atom is -0.358 e. The monoisotopic (exact) mass is 165 g/mol. The molecule has 0 aromatic heterocycles. The van der Waals surface area contributed by atoms with E-state index >= 15 is 0 Å². The maximum absolute atomic E-state index is 11.3. The number of allylic oxidation sites excluding steroid dienone is 3. The van der Waals surface area contributed by atoms with Crippen LogP contribution in [0.3, 0.4) is 0 Å². The van der Waals surface area contributed by atoms with Crippen molar-refractivity contribution in [3.8, 4) is 0 Å². The number of rotatable bonds is 1. The number of nitrogens with one attached hydrogen (secondary N) is 1. The van der Waals surface area contributed by atoms with E-state index in [-0.39, 0.29) is 12.0 Å². The van der Waals surface area contributed by atoms with Gasteiger partial charge in [0, 0.05) is 18.5 Å². The van der Waals surface area contributed by atoms with Crippen molar-refractivity contribution < 1.29 is 9.53 Å². The molecule has 64 valence electrons. The van der Waals surface area contributed by atoms with Crippen molar-refractivity contribution in [3.63, 3.8) is 0 Å². The molecule has 1 atom stereocenters. The highest BCUT2D eigenvalue weighted by atomic mass is 16.5. The molecule has 1 aliphatic heterocycles. The largest absolute Gasteiger partial charge is 0.358 e. The normalized spacial score (nSPS) is 29.2. The number of hydrogen-bond acceptors (Lipinski definition) is 3. The van der Waals surface area contributed by atoms with Crippen LogP contribution in [0.2, 0.25) is 0 Å². The van der Waals surface area contributed by atoms with Gasteiger partial charge in [-0.05, 0) is 0 Å². The average molecular weight is 165 g/mol. The van der Waals surface area contributed by atoms with E-state index in [1.165, 1.54) is 0 Å². The van der Waals surface area contributed by atoms with E-state index in [9.17, 15) is 4.79 Å². The van der Waals surface area contributed by atoms with Gasteiger partial charge < -0.3 is 4.74 Å². The zero-order valence-electron chi connectivity index (χ0n) is 6.75. The van der Waals surface area contributed by atoms with Crippen molar-refractivity contribution in [1.29, 1.82) is 0 Å². The molecule has 0 bridgehead atoms. The van der Waals surface area contributed by atoms with E-state index < -0.39 is 0 Å². The molecule has 1 saturated heterocycles. The molecule has 0 spiro atoms. The Labute approximate surface area is 71.1 Å². The topological polar surface area (TPSA) is 38.3 Å². The third-order valence-electron chi connectivity index (χ3n) is 2.04. The molecule has 2 rings (SSSR count). The Hall–Kier alpha value is -0.930. The summed E-state index contributed by atoms with van der Waals surface area (Å²) in [7, 11) is 0. The molecule has 0 saturated carbocycles. The summed E-state index contributed by atoms with van der Waals surface area (Å²) in [6.45, 7) is 1.53. The average Bonchev–Trinajstić information content (AvgIpc) is 2.57. The summed E-state index contributed by atoms with van der Waals surface area (Å²) in [5, 5.41) is 3.11. The van der Waals surface area contributed by atoms with Gasteiger partial charge in [-0.15, -0.1) is 0 Å². The van der Waals surface area contributed by atoms with Gasteiger partial charge in [0.25, 0.3) is 0 Å². The number of hydrogen-bond donors (Lipinski definition) is 1. The van der Waals surface area contributed by atoms with Gasteiger partial charge in [0.15, 0.2) is 5.78 Å². The first kappa shape index (κ1) is 7.71. The third-order valence-corrected chi connectivity index (χ3v) is 2.04. The van der Waals surface area contributed by atoms with Crippen LogP contribution in [0.25, 0.3) is 0 Å². The number of ether oxygens (including phenoxy) is 1. The van der Waals surface area contributed by atoms with E-state index in [2.05, 4.69) is 5.32 Å². The molecular formula is C9H11NO2. The summed E-state index contributed by atoms with van der Waals surface area (Å²) in [6.07, 6.45) is 5.94. The Morgan fingerprint density at radius 1 is 1.58 bits per heavy atom. The Balaban J connectivity index is 2.14. The molecule has 3 heteroatoms. The summed E-state index contributed by atoms with van der Waals surface area (Å²) in [4.78, 5) is 11.3. The Kier molecular flexibility index (Phi) is 2.06. The fourth-order valence-electron chi connectivity index (χ4n) is 1.42. The molecule has 1 heterocycles. The molecule has 3 nitrogen and oxygen atoms in total. The lowest BCUT2D eigenvalue weighted by Gasteiger charge is -2.14. The molecule has 0 aromatic rings. The molecule has 1 unspecified atom stereocenters. The first-order valence-electron chi connectivity index (χ1n) is 4.13. The molecule has 1 N–H and O–H groups in total. The molecule has 0 aromatic carbocycles. The standard InChI is InChI=1S/C9H11NO2/c11-8-4-2-1-3-7(8)9-10-5-6-12-9/h1-3,9-10H,4-6H2. The highest BCUT2D eigenvalue weighted by Crippen LogP contribution is 2.15. The first-order chi connectivity index (χ1) is 5.88. The van der Waals surface area contributed by atoms with Crippen LogP contribution in [-0.4, -0.2) is 25.2 Å². The minimum atomic E-state index is -0.164. The summed E-state index contributed by atoms with van der Waals surface area (Å²) in [5.41, 5.74) is 0.759. The second-order valence-electron chi connectivity index (χ2n) is 2.88. The van der Waals surface area contributed by atoms with Crippen molar-refractivity contribution in [2.24, 2.45) is 0 Å². The number of carbonyl (C=O) groups excluding carboxylic acids is 1. The molecule has 1 fully saturated rings. The Morgan fingerprint density at radius 2 is 2.50 bits per heavy atom. The number of ketones is 1. The second-order valence-corrected chi connectivity index (χ2v) is 2.88. The molecule has 0 radical (unpaired) electrons. The summed E-state index contributed by atoms with van der Waals surface area (Å²) in [5.74, 6) is 0.164. The zero-order chi connectivity index (χ0) is 8.39. The van der Waals surface area contributed by atoms with Gasteiger partial charge in [-0.25, -0.2) is 0 Å². The summed E-state index contributed by atoms with van der Waals surface area (Å²) in [6, 6.07) is 0. The fourth-order valence-corrected chi connectivity index (χ4v) is 1.42. The number of Topliss-reactive ketones (excluding diaryl/α,β-unsaturated/α-hetero) is 1. The molecule has 1 aliphatic carbocycles. The van der Waals surface area contributed by atoms with Gasteiger partial charge >= 0.3 is 0 Å². The predicted octanol–water partition coefficient (Wildman–Crippen LogP) is 0.388. The molecule has 0 amide bonds. The van der Waals surface area contributed by atoms with Crippen LogP contribution in [-0.2, 0) is 9.53 Å². The summed E-state index contributed by atoms with van der Waals surface area (Å²) >= 11 is 0. The van der Waals surface area contributed by atoms with Crippen molar-refractivity contribution in [2.75, 3.05) is 13.2 Å². The van der Waals surface area contributed by atoms with Crippen LogP contribution in [0.4, 0.5) is 0 Å². The maximum Gasteiger partial charge on any atom is 0.166 e. The summed E-state index contributed by atoms with van der Waals surface area (Å²) < 4.78 is 5.33. The first-order valence-corrected chi connectivity index (χ1v) is 4.13. The number of carbonyl (C=O) groups is 1. The highest BCUT2D eigenvalue weighted by Gasteiger charge is 2.24. The molecule has 12 heavy (non-hydrogen) atoms. The van der Waals surface area contributed by atoms with Crippen LogP contribution in [0, 0.1) is 0 Å². The molecular weight excluding hydrogens is 154 g/mol. The maximum atomic E-state index is 11.3. The third kappa shape index (κ3) is 1.33. The van der Waals surface area contributed by atoms with Crippen molar-refractivity contribution >= 4 is 5.78 Å². The SMILES string of the molecule is O=C1CC=CC=C1C1NCCO1. The van der Waals surface area contributed by atoms with Gasteiger partial charge in [0.1, 0.15) is 6.23 Å². The highest BCUT2D eigenvalue weighted by molar-refractivity contribution is 5.98. The van der Waals surface area contributed by atoms with Crippen LogP contribution in [0.1, 0.15) is 6.42 Å². The van der Waals surface area contributed by atoms with Crippen LogP contribution >= 0.6 is 0 Å². The van der Waals surface area contributed by atoms with Crippen molar-refractivity contribution in [3.05, 3.63) is 23.8 Å². The van der Waals surface area contributed by atoms with Gasteiger partial charge in [0.2, 0.25) is 0 Å². The van der Waals surface area contributed by atoms with E-state index in [0.717, 1.165) is 12.1 Å². The Morgan fingerprint density at radius 3 is 3.17 bits per heavy atom. The van der Waals surface area contributed by atoms with Gasteiger partial charge in [-0.2, -0.15) is 0 Å². The fraction of sp³-hybridized carbons (Fsp3) is 0.444. The quantitative estimate of drug-likeness (QED) is 0.610. The lowest BCUT2D eigenvalue weighted by molar-refractivity contribution is -0.116. The lowest BCUT2D eigenvalue weighted by atomic mass is 10.0. The van der Waals surface area contributed by atoms with Crippen LogP contribution in [0.15, 0.2) is 23.8 Å². The van der Waals surface area contributed by atoms with E-state index in [4.69, 9.17) is 4.74 Å². The Bertz CT molecular complexity index is 249. The zero-order valence-corrected chi connectivity index (χ0v) is 6.75. The van der Waals surface area contributed by atoms with E-state index in [1.54, 1.807) is 0 Å². The predicted molar refractivity (Wildman–Crippen MR) is 44.6 cm³/mol. The van der Waals surface area contributed by atoms with Gasteiger partial charge in [-0.3, -0.25) is 10.1 Å². The van der Waals surface area contributed by atoms with Crippen molar-refractivity contribution in [1.82, 2.24) is 5.32 Å². The van der Waals surface area contributed by atoms with Gasteiger partial charge in [0.05, 0.1) is 6.61 Å². The smallest absolute Gasteiger partial charge is 0.166 e. The van der Waals surface area contributed by atoms with Crippen LogP contribution < -0.4 is 5.32 Å². The second kappa shape index (κ2) is 3.21. The van der Waals surface area contributed by atoms with Crippen molar-refractivity contribution in [2.45, 2.75) is 12.6 Å². The van der Waals surface area contributed by atoms with Crippen LogP contribution in [0.5, 0.6) is 0 Å². The lowest BCUT2D eigenvalue weighted by Crippen LogP contribution is -2.29. The molecule has 2 aliphatic rings.